The maximum absolute atomic E-state index is 12.9. The van der Waals surface area contributed by atoms with Crippen molar-refractivity contribution in [3.8, 4) is 11.5 Å². The quantitative estimate of drug-likeness (QED) is 0.0898. The fourth-order valence-electron chi connectivity index (χ4n) is 3.44. The van der Waals surface area contributed by atoms with Gasteiger partial charge in [-0.05, 0) is 61.6 Å². The Balaban J connectivity index is 3.41. The summed E-state index contributed by atoms with van der Waals surface area (Å²) in [6.07, 6.45) is -0.519. The molecule has 11 heteroatoms. The fraction of sp³-hybridized carbons (Fsp3) is 0.677. The highest BCUT2D eigenvalue weighted by atomic mass is 16.7. The lowest BCUT2D eigenvalue weighted by Crippen LogP contribution is -2.60. The maximum atomic E-state index is 12.9. The number of carboxylic acid groups (broad SMARTS) is 1. The van der Waals surface area contributed by atoms with E-state index in [-0.39, 0.29) is 43.1 Å². The molecule has 2 N–H and O–H groups in total. The first-order valence-electron chi connectivity index (χ1n) is 14.7. The monoisotopic (exact) mass is 595 g/mol. The van der Waals surface area contributed by atoms with Crippen molar-refractivity contribution in [1.82, 2.24) is 5.32 Å². The van der Waals surface area contributed by atoms with E-state index in [1.165, 1.54) is 18.2 Å². The van der Waals surface area contributed by atoms with Crippen LogP contribution in [0.5, 0.6) is 11.5 Å². The third kappa shape index (κ3) is 12.7. The summed E-state index contributed by atoms with van der Waals surface area (Å²) < 4.78 is 26.6. The number of hydrogen-bond donors (Lipinski definition) is 2. The highest BCUT2D eigenvalue weighted by Gasteiger charge is 2.45. The average Bonchev–Trinajstić information content (AvgIpc) is 2.88. The third-order valence-corrected chi connectivity index (χ3v) is 6.76. The summed E-state index contributed by atoms with van der Waals surface area (Å²) in [5.74, 6) is -2.40. The van der Waals surface area contributed by atoms with Crippen LogP contribution in [0, 0.1) is 23.7 Å². The Morgan fingerprint density at radius 1 is 0.833 bits per heavy atom. The van der Waals surface area contributed by atoms with Gasteiger partial charge in [0.25, 0.3) is 5.72 Å². The van der Waals surface area contributed by atoms with Crippen LogP contribution in [0.3, 0.4) is 0 Å². The predicted molar refractivity (Wildman–Crippen MR) is 156 cm³/mol. The first-order valence-corrected chi connectivity index (χ1v) is 14.7. The molecule has 2 unspecified atom stereocenters. The minimum Gasteiger partial charge on any atom is -0.477 e. The zero-order chi connectivity index (χ0) is 32.0. The molecule has 11 nitrogen and oxygen atoms in total. The van der Waals surface area contributed by atoms with Gasteiger partial charge in [-0.15, -0.1) is 0 Å². The Bertz CT molecular complexity index is 1040. The van der Waals surface area contributed by atoms with E-state index in [0.717, 1.165) is 0 Å². The van der Waals surface area contributed by atoms with Gasteiger partial charge in [-0.25, -0.2) is 14.4 Å². The van der Waals surface area contributed by atoms with E-state index in [0.29, 0.717) is 36.7 Å². The van der Waals surface area contributed by atoms with Crippen LogP contribution < -0.4 is 14.8 Å². The molecule has 0 heterocycles. The van der Waals surface area contributed by atoms with Gasteiger partial charge in [0.1, 0.15) is 0 Å². The number of carboxylic acids is 1. The molecule has 0 aromatic heterocycles. The fourth-order valence-corrected chi connectivity index (χ4v) is 3.44. The van der Waals surface area contributed by atoms with Crippen LogP contribution in [-0.4, -0.2) is 54.3 Å². The SMILES string of the molecule is CCC(C)N[C@@](Cc1ccc(OC(=O)OCCC(C)C)c(OC(=O)OCCC(C)C)c1)(OC(=O)C(C)C(C)C)C(=O)O. The molecule has 42 heavy (non-hydrogen) atoms. The minimum absolute atomic E-state index is 0.0777. The van der Waals surface area contributed by atoms with Crippen LogP contribution >= 0.6 is 0 Å². The summed E-state index contributed by atoms with van der Waals surface area (Å²) in [5, 5.41) is 13.3. The summed E-state index contributed by atoms with van der Waals surface area (Å²) in [5.41, 5.74) is -1.80. The molecule has 0 spiro atoms. The van der Waals surface area contributed by atoms with Crippen LogP contribution in [0.15, 0.2) is 18.2 Å². The Morgan fingerprint density at radius 2 is 1.36 bits per heavy atom. The molecule has 0 aliphatic heterocycles. The zero-order valence-corrected chi connectivity index (χ0v) is 26.5. The number of nitrogens with one attached hydrogen (secondary N) is 1. The van der Waals surface area contributed by atoms with Gasteiger partial charge in [-0.1, -0.05) is 61.5 Å². The number of rotatable bonds is 17. The molecule has 0 saturated heterocycles. The highest BCUT2D eigenvalue weighted by molar-refractivity contribution is 5.83. The number of hydrogen-bond acceptors (Lipinski definition) is 10. The van der Waals surface area contributed by atoms with Gasteiger partial charge in [0.05, 0.1) is 19.1 Å². The van der Waals surface area contributed by atoms with Crippen molar-refractivity contribution >= 4 is 24.2 Å². The molecule has 0 amide bonds. The molecule has 3 atom stereocenters. The Kier molecular flexibility index (Phi) is 15.4. The van der Waals surface area contributed by atoms with E-state index >= 15 is 0 Å². The van der Waals surface area contributed by atoms with Gasteiger partial charge < -0.3 is 28.8 Å². The van der Waals surface area contributed by atoms with Crippen molar-refractivity contribution in [3.63, 3.8) is 0 Å². The normalized spacial score (nSPS) is 14.2. The molecular weight excluding hydrogens is 546 g/mol. The van der Waals surface area contributed by atoms with Crippen molar-refractivity contribution in [2.24, 2.45) is 23.7 Å². The van der Waals surface area contributed by atoms with E-state index in [1.54, 1.807) is 13.8 Å². The van der Waals surface area contributed by atoms with Gasteiger partial charge in [0, 0.05) is 12.5 Å². The number of carbonyl (C=O) groups is 4. The molecular formula is C31H49NO10. The van der Waals surface area contributed by atoms with Crippen molar-refractivity contribution < 1.29 is 48.0 Å². The van der Waals surface area contributed by atoms with E-state index in [9.17, 15) is 24.3 Å². The molecule has 1 aromatic carbocycles. The summed E-state index contributed by atoms with van der Waals surface area (Å²) in [4.78, 5) is 50.4. The van der Waals surface area contributed by atoms with E-state index in [1.807, 2.05) is 48.5 Å². The zero-order valence-electron chi connectivity index (χ0n) is 26.5. The van der Waals surface area contributed by atoms with Crippen molar-refractivity contribution in [2.75, 3.05) is 13.2 Å². The number of carbonyl (C=O) groups excluding carboxylic acids is 3. The topological polar surface area (TPSA) is 147 Å². The molecule has 1 rings (SSSR count). The van der Waals surface area contributed by atoms with Crippen LogP contribution in [-0.2, 0) is 30.2 Å². The van der Waals surface area contributed by atoms with Crippen molar-refractivity contribution in [2.45, 2.75) is 99.8 Å². The van der Waals surface area contributed by atoms with Crippen LogP contribution in [0.4, 0.5) is 9.59 Å². The molecule has 0 aliphatic rings. The lowest BCUT2D eigenvalue weighted by atomic mass is 9.97. The Morgan fingerprint density at radius 3 is 1.81 bits per heavy atom. The summed E-state index contributed by atoms with van der Waals surface area (Å²) in [7, 11) is 0. The second-order valence-electron chi connectivity index (χ2n) is 11.8. The first kappa shape index (κ1) is 36.7. The van der Waals surface area contributed by atoms with E-state index in [2.05, 4.69) is 5.32 Å². The van der Waals surface area contributed by atoms with E-state index < -0.39 is 35.9 Å². The van der Waals surface area contributed by atoms with Crippen LogP contribution in [0.2, 0.25) is 0 Å². The molecule has 0 fully saturated rings. The van der Waals surface area contributed by atoms with Gasteiger partial charge in [0.2, 0.25) is 0 Å². The predicted octanol–water partition coefficient (Wildman–Crippen LogP) is 6.36. The van der Waals surface area contributed by atoms with Crippen molar-refractivity contribution in [3.05, 3.63) is 23.8 Å². The standard InChI is InChI=1S/C31H49NO10/c1-10-22(8)32-31(28(34)35,42-27(33)23(9)21(6)7)18-24-11-12-25(40-29(36)38-15-13-19(2)3)26(17-24)41-30(37)39-16-14-20(4)5/h11-12,17,19-23,32H,10,13-16,18H2,1-9H3,(H,34,35)/t22?,23?,31-/m0/s1. The highest BCUT2D eigenvalue weighted by Crippen LogP contribution is 2.32. The second-order valence-corrected chi connectivity index (χ2v) is 11.8. The van der Waals surface area contributed by atoms with Gasteiger partial charge >= 0.3 is 24.2 Å². The largest absolute Gasteiger partial charge is 0.513 e. The number of esters is 1. The summed E-state index contributed by atoms with van der Waals surface area (Å²) >= 11 is 0. The first-order chi connectivity index (χ1) is 19.6. The Hall–Kier alpha value is -3.34. The molecule has 0 aliphatic carbocycles. The van der Waals surface area contributed by atoms with Crippen LogP contribution in [0.25, 0.3) is 0 Å². The number of aliphatic carboxylic acids is 1. The average molecular weight is 596 g/mol. The summed E-state index contributed by atoms with van der Waals surface area (Å²) in [6.45, 7) is 17.2. The van der Waals surface area contributed by atoms with Gasteiger partial charge in [0.15, 0.2) is 11.5 Å². The second kappa shape index (κ2) is 17.6. The Labute approximate surface area is 249 Å². The third-order valence-electron chi connectivity index (χ3n) is 6.76. The van der Waals surface area contributed by atoms with Gasteiger partial charge in [-0.3, -0.25) is 10.1 Å². The number of ether oxygens (including phenoxy) is 5. The maximum Gasteiger partial charge on any atom is 0.513 e. The lowest BCUT2D eigenvalue weighted by molar-refractivity contribution is -0.188. The molecule has 0 bridgehead atoms. The lowest BCUT2D eigenvalue weighted by Gasteiger charge is -2.34. The van der Waals surface area contributed by atoms with Gasteiger partial charge in [-0.2, -0.15) is 0 Å². The molecule has 0 saturated carbocycles. The summed E-state index contributed by atoms with van der Waals surface area (Å²) in [6, 6.07) is 3.86. The van der Waals surface area contributed by atoms with Crippen molar-refractivity contribution in [1.29, 1.82) is 0 Å². The minimum atomic E-state index is -2.12. The van der Waals surface area contributed by atoms with E-state index in [4.69, 9.17) is 23.7 Å². The number of benzene rings is 1. The smallest absolute Gasteiger partial charge is 0.477 e. The van der Waals surface area contributed by atoms with Crippen LogP contribution in [0.1, 0.15) is 87.1 Å². The molecule has 238 valence electrons. The molecule has 1 aromatic rings. The molecule has 0 radical (unpaired) electrons.